The van der Waals surface area contributed by atoms with E-state index < -0.39 is 0 Å². The van der Waals surface area contributed by atoms with Crippen LogP contribution in [0.4, 0.5) is 11.6 Å². The number of benzene rings is 1. The molecular weight excluding hydrogens is 378 g/mol. The SMILES string of the molecule is Cc1nnn(-c2cc(Nc3cc(-c4ccccc4)nn3C)nc3c2cnn3C)c1C. The summed E-state index contributed by atoms with van der Waals surface area (Å²) < 4.78 is 5.38. The number of aryl methyl sites for hydroxylation is 3. The summed E-state index contributed by atoms with van der Waals surface area (Å²) in [5, 5.41) is 21.8. The molecule has 0 aliphatic heterocycles. The molecule has 0 atom stereocenters. The minimum atomic E-state index is 0.677. The topological polar surface area (TPSA) is 91.3 Å². The summed E-state index contributed by atoms with van der Waals surface area (Å²) in [6.07, 6.45) is 1.80. The Balaban J connectivity index is 1.60. The monoisotopic (exact) mass is 399 g/mol. The number of nitrogens with one attached hydrogen (secondary N) is 1. The zero-order chi connectivity index (χ0) is 20.8. The molecule has 0 fully saturated rings. The highest BCUT2D eigenvalue weighted by Crippen LogP contribution is 2.28. The number of rotatable bonds is 4. The molecule has 0 saturated carbocycles. The van der Waals surface area contributed by atoms with E-state index in [2.05, 4.69) is 25.8 Å². The van der Waals surface area contributed by atoms with Crippen LogP contribution in [0.5, 0.6) is 0 Å². The van der Waals surface area contributed by atoms with Gasteiger partial charge in [0.1, 0.15) is 11.6 Å². The summed E-state index contributed by atoms with van der Waals surface area (Å²) in [6, 6.07) is 14.1. The predicted octanol–water partition coefficient (Wildman–Crippen LogP) is 3.31. The average Bonchev–Trinajstić information content (AvgIpc) is 3.41. The molecule has 0 amide bonds. The van der Waals surface area contributed by atoms with Gasteiger partial charge in [-0.05, 0) is 13.8 Å². The van der Waals surface area contributed by atoms with Crippen molar-refractivity contribution in [2.75, 3.05) is 5.32 Å². The van der Waals surface area contributed by atoms with E-state index in [0.717, 1.165) is 45.2 Å². The summed E-state index contributed by atoms with van der Waals surface area (Å²) in [5.41, 5.74) is 5.45. The molecule has 9 nitrogen and oxygen atoms in total. The van der Waals surface area contributed by atoms with Gasteiger partial charge in [0.15, 0.2) is 5.65 Å². The third kappa shape index (κ3) is 2.91. The van der Waals surface area contributed by atoms with Gasteiger partial charge in [-0.2, -0.15) is 10.2 Å². The van der Waals surface area contributed by atoms with Gasteiger partial charge in [0.2, 0.25) is 0 Å². The summed E-state index contributed by atoms with van der Waals surface area (Å²) >= 11 is 0. The molecule has 1 aromatic carbocycles. The highest BCUT2D eigenvalue weighted by Gasteiger charge is 2.16. The van der Waals surface area contributed by atoms with Crippen molar-refractivity contribution in [3.8, 4) is 16.9 Å². The number of hydrogen-bond donors (Lipinski definition) is 1. The highest BCUT2D eigenvalue weighted by atomic mass is 15.4. The first kappa shape index (κ1) is 18.0. The van der Waals surface area contributed by atoms with Gasteiger partial charge in [-0.1, -0.05) is 35.5 Å². The molecule has 0 bridgehead atoms. The molecule has 5 aromatic rings. The Labute approximate surface area is 173 Å². The number of aromatic nitrogens is 8. The number of nitrogens with zero attached hydrogens (tertiary/aromatic N) is 8. The number of fused-ring (bicyclic) bond motifs is 1. The second kappa shape index (κ2) is 6.80. The third-order valence-corrected chi connectivity index (χ3v) is 5.24. The maximum absolute atomic E-state index is 4.76. The normalized spacial score (nSPS) is 11.3. The van der Waals surface area contributed by atoms with Crippen molar-refractivity contribution in [3.63, 3.8) is 0 Å². The van der Waals surface area contributed by atoms with E-state index >= 15 is 0 Å². The molecule has 1 N–H and O–H groups in total. The number of anilines is 2. The Morgan fingerprint density at radius 2 is 1.77 bits per heavy atom. The van der Waals surface area contributed by atoms with Gasteiger partial charge in [0, 0.05) is 31.8 Å². The summed E-state index contributed by atoms with van der Waals surface area (Å²) in [4.78, 5) is 4.76. The van der Waals surface area contributed by atoms with E-state index in [1.54, 1.807) is 10.9 Å². The van der Waals surface area contributed by atoms with Crippen LogP contribution in [0.15, 0.2) is 48.7 Å². The first-order valence-corrected chi connectivity index (χ1v) is 9.60. The lowest BCUT2D eigenvalue weighted by atomic mass is 10.1. The predicted molar refractivity (Wildman–Crippen MR) is 115 cm³/mol. The van der Waals surface area contributed by atoms with Gasteiger partial charge >= 0.3 is 0 Å². The van der Waals surface area contributed by atoms with E-state index in [0.29, 0.717) is 5.82 Å². The van der Waals surface area contributed by atoms with E-state index in [-0.39, 0.29) is 0 Å². The van der Waals surface area contributed by atoms with Crippen LogP contribution in [0.25, 0.3) is 28.0 Å². The van der Waals surface area contributed by atoms with Crippen LogP contribution in [0.3, 0.4) is 0 Å². The minimum Gasteiger partial charge on any atom is -0.325 e. The number of hydrogen-bond acceptors (Lipinski definition) is 6. The van der Waals surface area contributed by atoms with Gasteiger partial charge in [-0.3, -0.25) is 9.36 Å². The first-order valence-electron chi connectivity index (χ1n) is 9.60. The number of pyridine rings is 1. The lowest BCUT2D eigenvalue weighted by molar-refractivity contribution is 0.775. The van der Waals surface area contributed by atoms with Crippen molar-refractivity contribution >= 4 is 22.7 Å². The standard InChI is InChI=1S/C21H21N9/c1-13-14(2)30(27-25-13)18-11-19(24-21-16(18)12-22-29(21)4)23-20-10-17(26-28(20)3)15-8-6-5-7-9-15/h5-12H,1-4H3,(H,23,24). The summed E-state index contributed by atoms with van der Waals surface area (Å²) in [6.45, 7) is 3.94. The maximum atomic E-state index is 4.76. The fraction of sp³-hybridized carbons (Fsp3) is 0.190. The highest BCUT2D eigenvalue weighted by molar-refractivity contribution is 5.87. The van der Waals surface area contributed by atoms with Crippen LogP contribution in [0, 0.1) is 13.8 Å². The Kier molecular flexibility index (Phi) is 4.09. The van der Waals surface area contributed by atoms with Gasteiger partial charge in [-0.15, -0.1) is 5.10 Å². The molecule has 0 aliphatic carbocycles. The van der Waals surface area contributed by atoms with Crippen molar-refractivity contribution in [2.45, 2.75) is 13.8 Å². The second-order valence-electron chi connectivity index (χ2n) is 7.23. The molecular formula is C21H21N9. The Bertz CT molecular complexity index is 1360. The van der Waals surface area contributed by atoms with Crippen LogP contribution in [0.1, 0.15) is 11.4 Å². The van der Waals surface area contributed by atoms with E-state index in [9.17, 15) is 0 Å². The lowest BCUT2D eigenvalue weighted by Gasteiger charge is -2.10. The molecule has 4 heterocycles. The van der Waals surface area contributed by atoms with E-state index in [4.69, 9.17) is 4.98 Å². The van der Waals surface area contributed by atoms with E-state index in [1.165, 1.54) is 0 Å². The van der Waals surface area contributed by atoms with Gasteiger partial charge in [0.05, 0.1) is 34.4 Å². The van der Waals surface area contributed by atoms with Crippen molar-refractivity contribution < 1.29 is 0 Å². The molecule has 4 aromatic heterocycles. The van der Waals surface area contributed by atoms with Crippen LogP contribution in [-0.4, -0.2) is 39.5 Å². The van der Waals surface area contributed by atoms with Crippen molar-refractivity contribution in [2.24, 2.45) is 14.1 Å². The summed E-state index contributed by atoms with van der Waals surface area (Å²) in [5.74, 6) is 1.51. The Morgan fingerprint density at radius 1 is 0.967 bits per heavy atom. The smallest absolute Gasteiger partial charge is 0.162 e. The molecule has 0 spiro atoms. The van der Waals surface area contributed by atoms with Crippen molar-refractivity contribution in [1.29, 1.82) is 0 Å². The molecule has 5 rings (SSSR count). The maximum Gasteiger partial charge on any atom is 0.162 e. The quantitative estimate of drug-likeness (QED) is 0.499. The molecule has 9 heteroatoms. The Morgan fingerprint density at radius 3 is 2.50 bits per heavy atom. The fourth-order valence-corrected chi connectivity index (χ4v) is 3.44. The molecule has 0 aliphatic rings. The molecule has 30 heavy (non-hydrogen) atoms. The van der Waals surface area contributed by atoms with E-state index in [1.807, 2.05) is 79.8 Å². The van der Waals surface area contributed by atoms with Crippen LogP contribution < -0.4 is 5.32 Å². The summed E-state index contributed by atoms with van der Waals surface area (Å²) in [7, 11) is 3.78. The van der Waals surface area contributed by atoms with Crippen LogP contribution in [0.2, 0.25) is 0 Å². The Hall–Kier alpha value is -4.01. The second-order valence-corrected chi connectivity index (χ2v) is 7.23. The van der Waals surface area contributed by atoms with Crippen LogP contribution in [-0.2, 0) is 14.1 Å². The van der Waals surface area contributed by atoms with Gasteiger partial charge in [0.25, 0.3) is 0 Å². The molecule has 0 unspecified atom stereocenters. The van der Waals surface area contributed by atoms with Crippen molar-refractivity contribution in [1.82, 2.24) is 39.5 Å². The first-order chi connectivity index (χ1) is 14.5. The largest absolute Gasteiger partial charge is 0.325 e. The lowest BCUT2D eigenvalue weighted by Crippen LogP contribution is -2.05. The fourth-order valence-electron chi connectivity index (χ4n) is 3.44. The van der Waals surface area contributed by atoms with Gasteiger partial charge in [-0.25, -0.2) is 9.67 Å². The van der Waals surface area contributed by atoms with Crippen LogP contribution >= 0.6 is 0 Å². The van der Waals surface area contributed by atoms with Gasteiger partial charge < -0.3 is 5.32 Å². The third-order valence-electron chi connectivity index (χ3n) is 5.24. The van der Waals surface area contributed by atoms with Crippen molar-refractivity contribution in [3.05, 3.63) is 60.0 Å². The zero-order valence-corrected chi connectivity index (χ0v) is 17.2. The minimum absolute atomic E-state index is 0.677. The molecule has 0 saturated heterocycles. The molecule has 150 valence electrons. The molecule has 0 radical (unpaired) electrons. The zero-order valence-electron chi connectivity index (χ0n) is 17.2. The average molecular weight is 399 g/mol.